The second-order valence-electron chi connectivity index (χ2n) is 4.02. The number of nitrogens with one attached hydrogen (secondary N) is 1. The zero-order valence-corrected chi connectivity index (χ0v) is 10.2. The maximum atomic E-state index is 4.40. The molecule has 0 radical (unpaired) electrons. The predicted molar refractivity (Wildman–Crippen MR) is 68.7 cm³/mol. The number of aryl methyl sites for hydroxylation is 1. The quantitative estimate of drug-likeness (QED) is 0.872. The van der Waals surface area contributed by atoms with Gasteiger partial charge in [-0.15, -0.1) is 0 Å². The number of benzene rings is 1. The second kappa shape index (κ2) is 5.55. The Hall–Kier alpha value is -1.74. The Morgan fingerprint density at radius 1 is 1.12 bits per heavy atom. The van der Waals surface area contributed by atoms with Crippen LogP contribution >= 0.6 is 0 Å². The standard InChI is InChI=1S/C14H17N3/c1-3-15-13(12-7-5-4-6-8-12)14-16-9-11(2)10-17-14/h4-10,13,15H,3H2,1-2H3. The Kier molecular flexibility index (Phi) is 3.83. The highest BCUT2D eigenvalue weighted by atomic mass is 15.0. The Balaban J connectivity index is 2.32. The first-order chi connectivity index (χ1) is 8.31. The van der Waals surface area contributed by atoms with E-state index in [1.165, 1.54) is 5.56 Å². The maximum Gasteiger partial charge on any atom is 0.149 e. The number of hydrogen-bond donors (Lipinski definition) is 1. The average molecular weight is 227 g/mol. The summed E-state index contributed by atoms with van der Waals surface area (Å²) in [4.78, 5) is 8.80. The van der Waals surface area contributed by atoms with E-state index in [-0.39, 0.29) is 6.04 Å². The van der Waals surface area contributed by atoms with Gasteiger partial charge in [-0.05, 0) is 24.6 Å². The largest absolute Gasteiger partial charge is 0.304 e. The van der Waals surface area contributed by atoms with Crippen molar-refractivity contribution in [3.05, 3.63) is 59.7 Å². The molecule has 2 rings (SSSR count). The lowest BCUT2D eigenvalue weighted by atomic mass is 10.1. The minimum Gasteiger partial charge on any atom is -0.304 e. The molecule has 88 valence electrons. The smallest absolute Gasteiger partial charge is 0.149 e. The van der Waals surface area contributed by atoms with Gasteiger partial charge in [-0.1, -0.05) is 37.3 Å². The molecule has 0 amide bonds. The van der Waals surface area contributed by atoms with Crippen molar-refractivity contribution >= 4 is 0 Å². The van der Waals surface area contributed by atoms with Gasteiger partial charge in [-0.25, -0.2) is 9.97 Å². The molecule has 1 unspecified atom stereocenters. The highest BCUT2D eigenvalue weighted by Gasteiger charge is 2.14. The van der Waals surface area contributed by atoms with Crippen LogP contribution in [0.15, 0.2) is 42.7 Å². The minimum atomic E-state index is 0.0711. The van der Waals surface area contributed by atoms with E-state index in [4.69, 9.17) is 0 Å². The lowest BCUT2D eigenvalue weighted by Crippen LogP contribution is -2.23. The van der Waals surface area contributed by atoms with Crippen LogP contribution in [-0.2, 0) is 0 Å². The van der Waals surface area contributed by atoms with E-state index >= 15 is 0 Å². The van der Waals surface area contributed by atoms with Crippen LogP contribution < -0.4 is 5.32 Å². The van der Waals surface area contributed by atoms with Crippen molar-refractivity contribution in [3.63, 3.8) is 0 Å². The molecule has 3 heteroatoms. The SMILES string of the molecule is CCNC(c1ccccc1)c1ncc(C)cn1. The maximum absolute atomic E-state index is 4.40. The molecular weight excluding hydrogens is 210 g/mol. The fourth-order valence-corrected chi connectivity index (χ4v) is 1.76. The summed E-state index contributed by atoms with van der Waals surface area (Å²) < 4.78 is 0. The summed E-state index contributed by atoms with van der Waals surface area (Å²) in [6, 6.07) is 10.3. The van der Waals surface area contributed by atoms with E-state index in [9.17, 15) is 0 Å². The predicted octanol–water partition coefficient (Wildman–Crippen LogP) is 2.48. The fourth-order valence-electron chi connectivity index (χ4n) is 1.76. The van der Waals surface area contributed by atoms with Crippen molar-refractivity contribution in [3.8, 4) is 0 Å². The highest BCUT2D eigenvalue weighted by Crippen LogP contribution is 2.18. The monoisotopic (exact) mass is 227 g/mol. The van der Waals surface area contributed by atoms with Crippen molar-refractivity contribution in [1.29, 1.82) is 0 Å². The molecule has 2 aromatic rings. The zero-order valence-electron chi connectivity index (χ0n) is 10.2. The van der Waals surface area contributed by atoms with Gasteiger partial charge in [-0.2, -0.15) is 0 Å². The van der Waals surface area contributed by atoms with Crippen LogP contribution in [0.2, 0.25) is 0 Å². The first-order valence-corrected chi connectivity index (χ1v) is 5.88. The Morgan fingerprint density at radius 2 is 1.76 bits per heavy atom. The molecule has 1 heterocycles. The molecular formula is C14H17N3. The van der Waals surface area contributed by atoms with Gasteiger partial charge >= 0.3 is 0 Å². The molecule has 0 fully saturated rings. The summed E-state index contributed by atoms with van der Waals surface area (Å²) >= 11 is 0. The van der Waals surface area contributed by atoms with E-state index in [0.717, 1.165) is 17.9 Å². The lowest BCUT2D eigenvalue weighted by molar-refractivity contribution is 0.596. The molecule has 0 saturated heterocycles. The summed E-state index contributed by atoms with van der Waals surface area (Å²) in [6.45, 7) is 4.97. The third-order valence-corrected chi connectivity index (χ3v) is 2.60. The summed E-state index contributed by atoms with van der Waals surface area (Å²) in [5.41, 5.74) is 2.27. The van der Waals surface area contributed by atoms with E-state index in [0.29, 0.717) is 0 Å². The highest BCUT2D eigenvalue weighted by molar-refractivity contribution is 5.24. The minimum absolute atomic E-state index is 0.0711. The van der Waals surface area contributed by atoms with Crippen LogP contribution in [0.25, 0.3) is 0 Å². The third-order valence-electron chi connectivity index (χ3n) is 2.60. The summed E-state index contributed by atoms with van der Waals surface area (Å²) in [6.07, 6.45) is 3.71. The van der Waals surface area contributed by atoms with E-state index < -0.39 is 0 Å². The molecule has 0 aliphatic rings. The van der Waals surface area contributed by atoms with Gasteiger partial charge in [0, 0.05) is 12.4 Å². The third kappa shape index (κ3) is 2.88. The number of nitrogens with zero attached hydrogens (tertiary/aromatic N) is 2. The first-order valence-electron chi connectivity index (χ1n) is 5.88. The van der Waals surface area contributed by atoms with E-state index in [2.05, 4.69) is 34.3 Å². The topological polar surface area (TPSA) is 37.8 Å². The van der Waals surface area contributed by atoms with Crippen LogP contribution in [0.4, 0.5) is 0 Å². The molecule has 1 aromatic heterocycles. The Morgan fingerprint density at radius 3 is 2.35 bits per heavy atom. The van der Waals surface area contributed by atoms with E-state index in [1.807, 2.05) is 37.5 Å². The van der Waals surface area contributed by atoms with Gasteiger partial charge < -0.3 is 5.32 Å². The van der Waals surface area contributed by atoms with Crippen LogP contribution in [0.5, 0.6) is 0 Å². The molecule has 0 spiro atoms. The molecule has 1 atom stereocenters. The van der Waals surface area contributed by atoms with Gasteiger partial charge in [0.25, 0.3) is 0 Å². The average Bonchev–Trinajstić information content (AvgIpc) is 2.38. The molecule has 0 saturated carbocycles. The molecule has 17 heavy (non-hydrogen) atoms. The van der Waals surface area contributed by atoms with Crippen LogP contribution in [-0.4, -0.2) is 16.5 Å². The summed E-state index contributed by atoms with van der Waals surface area (Å²) in [7, 11) is 0. The molecule has 0 bridgehead atoms. The number of rotatable bonds is 4. The van der Waals surface area contributed by atoms with Crippen molar-refractivity contribution in [2.75, 3.05) is 6.54 Å². The molecule has 0 aliphatic heterocycles. The van der Waals surface area contributed by atoms with Gasteiger partial charge in [0.1, 0.15) is 5.82 Å². The lowest BCUT2D eigenvalue weighted by Gasteiger charge is -2.16. The van der Waals surface area contributed by atoms with Crippen LogP contribution in [0, 0.1) is 6.92 Å². The molecule has 3 nitrogen and oxygen atoms in total. The van der Waals surface area contributed by atoms with Crippen molar-refractivity contribution in [1.82, 2.24) is 15.3 Å². The number of aromatic nitrogens is 2. The Bertz CT molecular complexity index is 451. The summed E-state index contributed by atoms with van der Waals surface area (Å²) in [5, 5.41) is 3.41. The molecule has 0 aliphatic carbocycles. The molecule has 1 N–H and O–H groups in total. The van der Waals surface area contributed by atoms with Gasteiger partial charge in [-0.3, -0.25) is 0 Å². The van der Waals surface area contributed by atoms with E-state index in [1.54, 1.807) is 0 Å². The van der Waals surface area contributed by atoms with Crippen molar-refractivity contribution in [2.24, 2.45) is 0 Å². The van der Waals surface area contributed by atoms with Gasteiger partial charge in [0.15, 0.2) is 0 Å². The second-order valence-corrected chi connectivity index (χ2v) is 4.02. The van der Waals surface area contributed by atoms with Crippen LogP contribution in [0.1, 0.15) is 29.9 Å². The first kappa shape index (κ1) is 11.7. The molecule has 1 aromatic carbocycles. The summed E-state index contributed by atoms with van der Waals surface area (Å²) in [5.74, 6) is 0.823. The fraction of sp³-hybridized carbons (Fsp3) is 0.286. The van der Waals surface area contributed by atoms with Gasteiger partial charge in [0.05, 0.1) is 6.04 Å². The Labute approximate surface area is 102 Å². The number of hydrogen-bond acceptors (Lipinski definition) is 3. The van der Waals surface area contributed by atoms with Crippen molar-refractivity contribution in [2.45, 2.75) is 19.9 Å². The van der Waals surface area contributed by atoms with Gasteiger partial charge in [0.2, 0.25) is 0 Å². The van der Waals surface area contributed by atoms with Crippen LogP contribution in [0.3, 0.4) is 0 Å². The normalized spacial score (nSPS) is 12.4. The zero-order chi connectivity index (χ0) is 12.1. The van der Waals surface area contributed by atoms with Crippen molar-refractivity contribution < 1.29 is 0 Å².